The number of allylic oxidation sites excluding steroid dienone is 3. The molecule has 1 radical (unpaired) electrons. The highest BCUT2D eigenvalue weighted by atomic mass is 35.7. The number of nitrogens with zero attached hydrogens (tertiary/aromatic N) is 1. The number of benzene rings is 1. The molecule has 0 saturated heterocycles. The SMILES string of the molecule is ClS1=C(c2ccccc2)C=C2[N]C=CC=C21. The first-order valence-corrected chi connectivity index (χ1v) is 7.04. The van der Waals surface area contributed by atoms with E-state index < -0.39 is 0 Å². The van der Waals surface area contributed by atoms with Gasteiger partial charge < -0.3 is 0 Å². The number of fused-ring (bicyclic) bond motifs is 1. The van der Waals surface area contributed by atoms with Gasteiger partial charge in [-0.3, -0.25) is 5.32 Å². The van der Waals surface area contributed by atoms with Crippen LogP contribution < -0.4 is 5.32 Å². The lowest BCUT2D eigenvalue weighted by Crippen LogP contribution is -1.99. The zero-order valence-electron chi connectivity index (χ0n) is 8.43. The van der Waals surface area contributed by atoms with E-state index in [-0.39, 0.29) is 9.70 Å². The summed E-state index contributed by atoms with van der Waals surface area (Å²) < 4.78 is 0. The minimum Gasteiger partial charge on any atom is -0.256 e. The number of halogens is 1. The molecule has 0 fully saturated rings. The van der Waals surface area contributed by atoms with Crippen molar-refractivity contribution in [3.8, 4) is 0 Å². The highest BCUT2D eigenvalue weighted by Crippen LogP contribution is 2.44. The smallest absolute Gasteiger partial charge is 0.0784 e. The Morgan fingerprint density at radius 1 is 1.12 bits per heavy atom. The van der Waals surface area contributed by atoms with Crippen molar-refractivity contribution in [2.24, 2.45) is 0 Å². The molecule has 1 nitrogen and oxygen atoms in total. The van der Waals surface area contributed by atoms with Crippen LogP contribution in [-0.2, 0) is 0 Å². The van der Waals surface area contributed by atoms with E-state index in [1.54, 1.807) is 6.20 Å². The van der Waals surface area contributed by atoms with Crippen molar-refractivity contribution in [2.45, 2.75) is 0 Å². The summed E-state index contributed by atoms with van der Waals surface area (Å²) >= 11 is 0. The summed E-state index contributed by atoms with van der Waals surface area (Å²) in [6, 6.07) is 10.2. The lowest BCUT2D eigenvalue weighted by atomic mass is 10.1. The van der Waals surface area contributed by atoms with Gasteiger partial charge in [0.1, 0.15) is 0 Å². The molecular weight excluding hydrogens is 238 g/mol. The fourth-order valence-corrected chi connectivity index (χ4v) is 3.83. The van der Waals surface area contributed by atoms with Crippen molar-refractivity contribution in [1.82, 2.24) is 5.32 Å². The minimum absolute atomic E-state index is 0.366. The standard InChI is InChI=1S/C13H9ClNS/c14-16-12-7-4-8-15-11(12)9-13(16)10-5-2-1-3-6-10/h1-9H. The van der Waals surface area contributed by atoms with Gasteiger partial charge in [-0.05, 0) is 34.5 Å². The zero-order valence-corrected chi connectivity index (χ0v) is 10.0. The van der Waals surface area contributed by atoms with Crippen LogP contribution in [0.4, 0.5) is 0 Å². The molecular formula is C13H9ClNS. The van der Waals surface area contributed by atoms with Crippen LogP contribution in [-0.4, -0.2) is 4.86 Å². The summed E-state index contributed by atoms with van der Waals surface area (Å²) in [5, 5.41) is 4.33. The Labute approximate surface area is 102 Å². The van der Waals surface area contributed by atoms with E-state index >= 15 is 0 Å². The van der Waals surface area contributed by atoms with Crippen LogP contribution in [0, 0.1) is 0 Å². The highest BCUT2D eigenvalue weighted by molar-refractivity contribution is 8.38. The molecule has 16 heavy (non-hydrogen) atoms. The third kappa shape index (κ3) is 1.55. The van der Waals surface area contributed by atoms with E-state index in [0.29, 0.717) is 0 Å². The van der Waals surface area contributed by atoms with Crippen LogP contribution >= 0.6 is 20.4 Å². The van der Waals surface area contributed by atoms with Crippen molar-refractivity contribution in [3.05, 3.63) is 70.9 Å². The van der Waals surface area contributed by atoms with Gasteiger partial charge in [0, 0.05) is 16.0 Å². The van der Waals surface area contributed by atoms with Crippen molar-refractivity contribution >= 4 is 25.2 Å². The molecule has 0 saturated carbocycles. The first-order valence-electron chi connectivity index (χ1n) is 4.99. The molecule has 0 aromatic heterocycles. The Hall–Kier alpha value is -1.25. The van der Waals surface area contributed by atoms with Gasteiger partial charge in [-0.15, -0.1) is 0 Å². The fraction of sp³-hybridized carbons (Fsp3) is 0. The van der Waals surface area contributed by atoms with Crippen molar-refractivity contribution in [3.63, 3.8) is 0 Å². The number of rotatable bonds is 1. The van der Waals surface area contributed by atoms with Crippen LogP contribution in [0.2, 0.25) is 0 Å². The zero-order chi connectivity index (χ0) is 11.0. The Morgan fingerprint density at radius 2 is 1.94 bits per heavy atom. The first-order chi connectivity index (χ1) is 7.86. The third-order valence-corrected chi connectivity index (χ3v) is 4.98. The highest BCUT2D eigenvalue weighted by Gasteiger charge is 2.21. The molecule has 1 aromatic carbocycles. The molecule has 1 unspecified atom stereocenters. The Bertz CT molecular complexity index is 553. The van der Waals surface area contributed by atoms with Crippen LogP contribution in [0.3, 0.4) is 0 Å². The molecule has 3 heteroatoms. The quantitative estimate of drug-likeness (QED) is 0.673. The number of hydrogen-bond donors (Lipinski definition) is 0. The van der Waals surface area contributed by atoms with Crippen molar-refractivity contribution in [1.29, 1.82) is 0 Å². The summed E-state index contributed by atoms with van der Waals surface area (Å²) in [7, 11) is 6.10. The van der Waals surface area contributed by atoms with E-state index in [1.807, 2.05) is 30.4 Å². The summed E-state index contributed by atoms with van der Waals surface area (Å²) in [6.07, 6.45) is 7.87. The van der Waals surface area contributed by atoms with Crippen LogP contribution in [0.1, 0.15) is 5.56 Å². The molecule has 2 aliphatic rings. The molecule has 0 aliphatic carbocycles. The molecule has 1 aromatic rings. The fourth-order valence-electron chi connectivity index (χ4n) is 1.75. The van der Waals surface area contributed by atoms with Gasteiger partial charge in [-0.2, -0.15) is 0 Å². The maximum absolute atomic E-state index is 6.46. The van der Waals surface area contributed by atoms with E-state index in [4.69, 9.17) is 10.7 Å². The predicted octanol–water partition coefficient (Wildman–Crippen LogP) is 3.54. The first kappa shape index (κ1) is 9.94. The van der Waals surface area contributed by atoms with Crippen LogP contribution in [0.25, 0.3) is 0 Å². The van der Waals surface area contributed by atoms with Gasteiger partial charge in [0.2, 0.25) is 0 Å². The van der Waals surface area contributed by atoms with E-state index in [1.165, 1.54) is 5.56 Å². The van der Waals surface area contributed by atoms with E-state index in [2.05, 4.69) is 23.5 Å². The summed E-state index contributed by atoms with van der Waals surface area (Å²) in [4.78, 5) is 2.29. The monoisotopic (exact) mass is 246 g/mol. The van der Waals surface area contributed by atoms with E-state index in [9.17, 15) is 0 Å². The average Bonchev–Trinajstić information content (AvgIpc) is 2.69. The molecule has 2 aliphatic heterocycles. The van der Waals surface area contributed by atoms with Gasteiger partial charge in [0.25, 0.3) is 0 Å². The summed E-state index contributed by atoms with van der Waals surface area (Å²) in [5.74, 6) is 0. The molecule has 0 amide bonds. The van der Waals surface area contributed by atoms with Gasteiger partial charge >= 0.3 is 0 Å². The number of hydrogen-bond acceptors (Lipinski definition) is 0. The Balaban J connectivity index is 2.11. The van der Waals surface area contributed by atoms with Gasteiger partial charge in [-0.1, -0.05) is 40.0 Å². The summed E-state index contributed by atoms with van der Waals surface area (Å²) in [6.45, 7) is 0. The third-order valence-electron chi connectivity index (χ3n) is 2.51. The average molecular weight is 247 g/mol. The molecule has 0 spiro atoms. The summed E-state index contributed by atoms with van der Waals surface area (Å²) in [5.41, 5.74) is 2.18. The molecule has 0 bridgehead atoms. The molecule has 0 N–H and O–H groups in total. The lowest BCUT2D eigenvalue weighted by Gasteiger charge is -2.07. The maximum atomic E-state index is 6.46. The second-order valence-electron chi connectivity index (χ2n) is 3.52. The largest absolute Gasteiger partial charge is 0.256 e. The molecule has 1 atom stereocenters. The van der Waals surface area contributed by atoms with Gasteiger partial charge in [0.15, 0.2) is 0 Å². The Morgan fingerprint density at radius 3 is 2.69 bits per heavy atom. The maximum Gasteiger partial charge on any atom is 0.0784 e. The molecule has 79 valence electrons. The van der Waals surface area contributed by atoms with E-state index in [0.717, 1.165) is 15.5 Å². The van der Waals surface area contributed by atoms with Crippen LogP contribution in [0.15, 0.2) is 65.4 Å². The topological polar surface area (TPSA) is 14.1 Å². The second kappa shape index (κ2) is 3.96. The van der Waals surface area contributed by atoms with Crippen LogP contribution in [0.5, 0.6) is 0 Å². The Kier molecular flexibility index (Phi) is 2.46. The molecule has 3 rings (SSSR count). The van der Waals surface area contributed by atoms with Gasteiger partial charge in [-0.25, -0.2) is 0 Å². The second-order valence-corrected chi connectivity index (χ2v) is 5.84. The normalized spacial score (nSPS) is 22.3. The van der Waals surface area contributed by atoms with Crippen molar-refractivity contribution in [2.75, 3.05) is 0 Å². The van der Waals surface area contributed by atoms with Crippen molar-refractivity contribution < 1.29 is 0 Å². The minimum atomic E-state index is -0.366. The lowest BCUT2D eigenvalue weighted by molar-refractivity contribution is 1.07. The predicted molar refractivity (Wildman–Crippen MR) is 71.4 cm³/mol. The van der Waals surface area contributed by atoms with Gasteiger partial charge in [0.05, 0.1) is 5.70 Å². The molecule has 2 heterocycles.